The molecule has 2 aliphatic rings. The summed E-state index contributed by atoms with van der Waals surface area (Å²) < 4.78 is 0. The fourth-order valence-corrected chi connectivity index (χ4v) is 8.69. The fourth-order valence-electron chi connectivity index (χ4n) is 8.69. The molecular formula is C48H82N8O10. The molecule has 0 spiro atoms. The number of carbonyl (C=O) groups excluding carboxylic acids is 10. The van der Waals surface area contributed by atoms with Crippen LogP contribution >= 0.6 is 0 Å². The molecule has 2 fully saturated rings. The number of ketones is 3. The Balaban J connectivity index is 2.05. The predicted octanol–water partition coefficient (Wildman–Crippen LogP) is 2.21. The van der Waals surface area contributed by atoms with Crippen molar-refractivity contribution in [2.45, 2.75) is 163 Å². The average molecular weight is 931 g/mol. The summed E-state index contributed by atoms with van der Waals surface area (Å²) in [4.78, 5) is 140. The second-order valence-corrected chi connectivity index (χ2v) is 20.2. The normalized spacial score (nSPS) is 18.8. The minimum Gasteiger partial charge on any atom is -0.345 e. The molecule has 0 saturated carbocycles. The first-order valence-corrected chi connectivity index (χ1v) is 23.9. The maximum absolute atomic E-state index is 13.9. The summed E-state index contributed by atoms with van der Waals surface area (Å²) in [5, 5.41) is 8.63. The summed E-state index contributed by atoms with van der Waals surface area (Å²) in [5.74, 6) is -5.13. The van der Waals surface area contributed by atoms with Gasteiger partial charge in [-0.15, -0.1) is 0 Å². The summed E-state index contributed by atoms with van der Waals surface area (Å²) in [6.45, 7) is 18.2. The van der Waals surface area contributed by atoms with Gasteiger partial charge in [0.05, 0.1) is 31.2 Å². The smallest absolute Gasteiger partial charge is 0.245 e. The molecule has 0 radical (unpaired) electrons. The Labute approximate surface area is 393 Å². The van der Waals surface area contributed by atoms with Crippen LogP contribution in [0.2, 0.25) is 0 Å². The molecule has 0 bridgehead atoms. The van der Waals surface area contributed by atoms with Gasteiger partial charge in [0.25, 0.3) is 0 Å². The van der Waals surface area contributed by atoms with E-state index in [-0.39, 0.29) is 85.3 Å². The fraction of sp³-hybridized carbons (Fsp3) is 0.792. The second-order valence-electron chi connectivity index (χ2n) is 20.2. The van der Waals surface area contributed by atoms with Crippen LogP contribution in [0.25, 0.3) is 0 Å². The van der Waals surface area contributed by atoms with Gasteiger partial charge in [0, 0.05) is 59.4 Å². The molecule has 0 aromatic rings. The van der Waals surface area contributed by atoms with Crippen molar-refractivity contribution in [3.8, 4) is 0 Å². The molecule has 0 unspecified atom stereocenters. The molecule has 2 saturated heterocycles. The number of Topliss-reactive ketones (excluding diaryl/α,β-unsaturated/α-hetero) is 3. The average Bonchev–Trinajstić information content (AvgIpc) is 3.96. The molecule has 374 valence electrons. The van der Waals surface area contributed by atoms with E-state index in [1.54, 1.807) is 27.8 Å². The number of nitrogens with one attached hydrogen (secondary N) is 3. The molecule has 0 aromatic heterocycles. The zero-order valence-electron chi connectivity index (χ0n) is 42.4. The number of rotatable bonds is 26. The molecule has 0 aliphatic carbocycles. The van der Waals surface area contributed by atoms with Gasteiger partial charge in [0.2, 0.25) is 41.4 Å². The van der Waals surface area contributed by atoms with Crippen LogP contribution < -0.4 is 16.0 Å². The zero-order chi connectivity index (χ0) is 50.3. The highest BCUT2D eigenvalue weighted by Gasteiger charge is 2.40. The number of amides is 7. The summed E-state index contributed by atoms with van der Waals surface area (Å²) in [6.07, 6.45) is 3.31. The molecule has 18 nitrogen and oxygen atoms in total. The Morgan fingerprint density at radius 2 is 1.20 bits per heavy atom. The highest BCUT2D eigenvalue weighted by atomic mass is 16.2. The Morgan fingerprint density at radius 3 is 1.74 bits per heavy atom. The van der Waals surface area contributed by atoms with E-state index in [1.165, 1.54) is 52.6 Å². The van der Waals surface area contributed by atoms with Gasteiger partial charge < -0.3 is 40.4 Å². The van der Waals surface area contributed by atoms with Gasteiger partial charge in [-0.25, -0.2) is 0 Å². The maximum atomic E-state index is 13.9. The molecule has 7 amide bonds. The van der Waals surface area contributed by atoms with Crippen LogP contribution in [-0.4, -0.2) is 174 Å². The Hall–Kier alpha value is -4.74. The Kier molecular flexibility index (Phi) is 23.1. The lowest BCUT2D eigenvalue weighted by molar-refractivity contribution is -0.148. The SMILES string of the molecule is CC(=O)[C@H](CC(C)C)NC(=O)[C@H](C)N(C)C(=O)[C@H](CC(C)C)NC(=O)CN(C)C(=O)[C@H]1CCCN1C(=O)[C@H](C)CC(=O)[C@H](C)N(C)C(=O)[C@@H](CC(=O)CN(C)C(=O)[C@H]1CCCN1)CC(C)C. The van der Waals surface area contributed by atoms with Crippen LogP contribution in [0.5, 0.6) is 0 Å². The van der Waals surface area contributed by atoms with Gasteiger partial charge in [0.15, 0.2) is 17.3 Å². The van der Waals surface area contributed by atoms with Crippen molar-refractivity contribution in [3.05, 3.63) is 0 Å². The van der Waals surface area contributed by atoms with Crippen molar-refractivity contribution < 1.29 is 47.9 Å². The summed E-state index contributed by atoms with van der Waals surface area (Å²) in [7, 11) is 5.99. The molecule has 2 heterocycles. The Morgan fingerprint density at radius 1 is 0.636 bits per heavy atom. The van der Waals surface area contributed by atoms with Crippen LogP contribution in [0.3, 0.4) is 0 Å². The van der Waals surface area contributed by atoms with Crippen LogP contribution in [0.4, 0.5) is 0 Å². The highest BCUT2D eigenvalue weighted by Crippen LogP contribution is 2.25. The quantitative estimate of drug-likeness (QED) is 0.114. The molecule has 2 aliphatic heterocycles. The monoisotopic (exact) mass is 931 g/mol. The van der Waals surface area contributed by atoms with Gasteiger partial charge in [-0.05, 0) is 90.0 Å². The van der Waals surface area contributed by atoms with E-state index in [9.17, 15) is 47.9 Å². The minimum absolute atomic E-state index is 0.0205. The lowest BCUT2D eigenvalue weighted by Gasteiger charge is -2.32. The second kappa shape index (κ2) is 26.6. The third kappa shape index (κ3) is 17.2. The number of carbonyl (C=O) groups is 10. The molecule has 0 aromatic carbocycles. The largest absolute Gasteiger partial charge is 0.345 e. The lowest BCUT2D eigenvalue weighted by Crippen LogP contribution is -2.56. The first kappa shape index (κ1) is 57.4. The van der Waals surface area contributed by atoms with Gasteiger partial charge in [-0.2, -0.15) is 0 Å². The number of hydrogen-bond acceptors (Lipinski definition) is 11. The molecule has 18 heteroatoms. The van der Waals surface area contributed by atoms with Crippen molar-refractivity contribution in [2.75, 3.05) is 54.4 Å². The highest BCUT2D eigenvalue weighted by molar-refractivity contribution is 5.97. The summed E-state index contributed by atoms with van der Waals surface area (Å²) in [5.41, 5.74) is 0. The van der Waals surface area contributed by atoms with Gasteiger partial charge in [0.1, 0.15) is 18.1 Å². The van der Waals surface area contributed by atoms with E-state index in [4.69, 9.17) is 0 Å². The van der Waals surface area contributed by atoms with E-state index in [1.807, 2.05) is 41.5 Å². The first-order valence-electron chi connectivity index (χ1n) is 23.9. The van der Waals surface area contributed by atoms with E-state index >= 15 is 0 Å². The van der Waals surface area contributed by atoms with Crippen LogP contribution in [-0.2, 0) is 47.9 Å². The van der Waals surface area contributed by atoms with Crippen LogP contribution in [0, 0.1) is 29.6 Å². The number of nitrogens with zero attached hydrogens (tertiary/aromatic N) is 5. The van der Waals surface area contributed by atoms with Crippen molar-refractivity contribution in [1.82, 2.24) is 40.4 Å². The van der Waals surface area contributed by atoms with E-state index in [2.05, 4.69) is 16.0 Å². The van der Waals surface area contributed by atoms with Gasteiger partial charge in [-0.1, -0.05) is 48.5 Å². The van der Waals surface area contributed by atoms with E-state index in [0.29, 0.717) is 32.1 Å². The molecular weight excluding hydrogens is 849 g/mol. The van der Waals surface area contributed by atoms with Crippen molar-refractivity contribution >= 4 is 58.7 Å². The molecule has 2 rings (SSSR count). The van der Waals surface area contributed by atoms with Crippen molar-refractivity contribution in [2.24, 2.45) is 29.6 Å². The molecule has 3 N–H and O–H groups in total. The van der Waals surface area contributed by atoms with Gasteiger partial charge >= 0.3 is 0 Å². The third-order valence-electron chi connectivity index (χ3n) is 12.8. The Bertz CT molecular complexity index is 1750. The summed E-state index contributed by atoms with van der Waals surface area (Å²) in [6, 6.07) is -4.74. The van der Waals surface area contributed by atoms with Gasteiger partial charge in [-0.3, -0.25) is 47.9 Å². The minimum atomic E-state index is -1.01. The molecule has 66 heavy (non-hydrogen) atoms. The van der Waals surface area contributed by atoms with Crippen LogP contribution in [0.1, 0.15) is 127 Å². The third-order valence-corrected chi connectivity index (χ3v) is 12.8. The van der Waals surface area contributed by atoms with E-state index in [0.717, 1.165) is 13.0 Å². The zero-order valence-corrected chi connectivity index (χ0v) is 42.4. The lowest BCUT2D eigenvalue weighted by atomic mass is 9.90. The molecule has 8 atom stereocenters. The number of likely N-dealkylation sites (N-methyl/N-ethyl adjacent to an activating group) is 4. The number of hydrogen-bond donors (Lipinski definition) is 3. The number of likely N-dealkylation sites (tertiary alicyclic amines) is 1. The predicted molar refractivity (Wildman–Crippen MR) is 250 cm³/mol. The van der Waals surface area contributed by atoms with Crippen molar-refractivity contribution in [1.29, 1.82) is 0 Å². The van der Waals surface area contributed by atoms with Crippen molar-refractivity contribution in [3.63, 3.8) is 0 Å². The summed E-state index contributed by atoms with van der Waals surface area (Å²) >= 11 is 0. The van der Waals surface area contributed by atoms with Crippen LogP contribution in [0.15, 0.2) is 0 Å². The first-order chi connectivity index (χ1) is 30.7. The topological polar surface area (TPSA) is 223 Å². The van der Waals surface area contributed by atoms with E-state index < -0.39 is 78.1 Å². The standard InChI is InChI=1S/C48H82N8O10/c1-28(2)21-35(25-36(58)26-52(11)46(64)37-17-15-19-49-37)45(63)54(13)32(8)41(59)24-31(7)44(62)56-20-16-18-40(56)48(66)53(12)27-42(60)50-39(23-30(5)6)47(65)55(14)33(9)43(61)51-38(34(10)57)22-29(3)4/h28-33,35,37-40,49H,15-27H2,1-14H3,(H,50,60)(H,51,61)/t31-,32+,33+,35-,37-,38+,39+,40-/m1/s1. The maximum Gasteiger partial charge on any atom is 0.245 e.